The van der Waals surface area contributed by atoms with Crippen LogP contribution >= 0.6 is 11.3 Å². The van der Waals surface area contributed by atoms with Crippen LogP contribution in [-0.2, 0) is 6.42 Å². The maximum atomic E-state index is 11.2. The summed E-state index contributed by atoms with van der Waals surface area (Å²) in [5.74, 6) is -0.127. The molecule has 1 N–H and O–H groups in total. The van der Waals surface area contributed by atoms with E-state index < -0.39 is 0 Å². The summed E-state index contributed by atoms with van der Waals surface area (Å²) in [6.45, 7) is 0. The highest BCUT2D eigenvalue weighted by atomic mass is 32.1. The molecule has 0 spiro atoms. The number of hydrogen-bond acceptors (Lipinski definition) is 4. The Kier molecular flexibility index (Phi) is 1.29. The molecule has 0 fully saturated rings. The van der Waals surface area contributed by atoms with Gasteiger partial charge in [-0.1, -0.05) is 5.16 Å². The van der Waals surface area contributed by atoms with Gasteiger partial charge in [0.25, 0.3) is 0 Å². The third kappa shape index (κ3) is 0.793. The second-order valence-electron chi connectivity index (χ2n) is 2.33. The first-order valence-electron chi connectivity index (χ1n) is 3.15. The molecule has 2 rings (SSSR count). The van der Waals surface area contributed by atoms with Crippen LogP contribution in [0.5, 0.6) is 0 Å². The van der Waals surface area contributed by atoms with Crippen LogP contribution in [0.25, 0.3) is 0 Å². The fourth-order valence-corrected chi connectivity index (χ4v) is 2.03. The highest BCUT2D eigenvalue weighted by Crippen LogP contribution is 2.25. The molecule has 1 heterocycles. The number of nitrogens with zero attached hydrogens (tertiary/aromatic N) is 1. The Hall–Kier alpha value is -1.16. The van der Waals surface area contributed by atoms with E-state index in [1.807, 2.05) is 11.4 Å². The first-order chi connectivity index (χ1) is 5.33. The van der Waals surface area contributed by atoms with Crippen molar-refractivity contribution in [2.75, 3.05) is 0 Å². The fraction of sp³-hybridized carbons (Fsp3) is 0.143. The third-order valence-corrected chi connectivity index (χ3v) is 2.65. The lowest BCUT2D eigenvalue weighted by molar-refractivity contribution is 0.106. The molecule has 0 aromatic carbocycles. The lowest BCUT2D eigenvalue weighted by Gasteiger charge is -1.85. The van der Waals surface area contributed by atoms with Gasteiger partial charge in [-0.25, -0.2) is 0 Å². The fourth-order valence-electron chi connectivity index (χ4n) is 1.15. The molecule has 0 bridgehead atoms. The Morgan fingerprint density at radius 1 is 1.64 bits per heavy atom. The van der Waals surface area contributed by atoms with Gasteiger partial charge in [-0.05, 0) is 17.0 Å². The summed E-state index contributed by atoms with van der Waals surface area (Å²) in [4.78, 5) is 11.9. The van der Waals surface area contributed by atoms with Crippen molar-refractivity contribution < 1.29 is 10.0 Å². The summed E-state index contributed by atoms with van der Waals surface area (Å²) in [6.07, 6.45) is 0.480. The van der Waals surface area contributed by atoms with Crippen LogP contribution in [0.1, 0.15) is 15.2 Å². The second-order valence-corrected chi connectivity index (χ2v) is 3.24. The highest BCUT2D eigenvalue weighted by molar-refractivity contribution is 7.13. The van der Waals surface area contributed by atoms with E-state index in [1.54, 1.807) is 0 Å². The van der Waals surface area contributed by atoms with Gasteiger partial charge in [0.15, 0.2) is 0 Å². The molecule has 0 saturated heterocycles. The monoisotopic (exact) mass is 167 g/mol. The smallest absolute Gasteiger partial charge is 0.221 e. The minimum atomic E-state index is -0.127. The van der Waals surface area contributed by atoms with Crippen LogP contribution in [0.3, 0.4) is 0 Å². The number of Topliss-reactive ketones (excluding diaryl/α,β-unsaturated/α-hetero) is 1. The number of fused-ring (bicyclic) bond motifs is 1. The molecule has 0 amide bonds. The second kappa shape index (κ2) is 2.17. The van der Waals surface area contributed by atoms with Gasteiger partial charge in [-0.15, -0.1) is 11.3 Å². The van der Waals surface area contributed by atoms with E-state index in [4.69, 9.17) is 5.21 Å². The number of rotatable bonds is 0. The Morgan fingerprint density at radius 3 is 3.09 bits per heavy atom. The molecule has 1 aromatic heterocycles. The molecular formula is C7H5NO2S. The minimum Gasteiger partial charge on any atom is -0.411 e. The first kappa shape index (κ1) is 6.54. The quantitative estimate of drug-likeness (QED) is 0.468. The molecular weight excluding hydrogens is 162 g/mol. The van der Waals surface area contributed by atoms with E-state index in [-0.39, 0.29) is 11.5 Å². The topological polar surface area (TPSA) is 49.7 Å². The SMILES string of the molecule is O=C1/C(=N/O)Cc2ccsc21. The molecule has 1 aliphatic rings. The summed E-state index contributed by atoms with van der Waals surface area (Å²) in [6, 6.07) is 1.88. The highest BCUT2D eigenvalue weighted by Gasteiger charge is 2.27. The van der Waals surface area contributed by atoms with Crippen molar-refractivity contribution in [3.8, 4) is 0 Å². The Morgan fingerprint density at radius 2 is 2.45 bits per heavy atom. The number of ketones is 1. The van der Waals surface area contributed by atoms with Gasteiger partial charge < -0.3 is 5.21 Å². The number of oxime groups is 1. The molecule has 4 heteroatoms. The van der Waals surface area contributed by atoms with Crippen molar-refractivity contribution in [2.24, 2.45) is 5.16 Å². The zero-order chi connectivity index (χ0) is 7.84. The zero-order valence-corrected chi connectivity index (χ0v) is 6.39. The Bertz CT molecular complexity index is 340. The molecule has 0 atom stereocenters. The number of thiophene rings is 1. The number of hydrogen-bond donors (Lipinski definition) is 1. The van der Waals surface area contributed by atoms with Crippen LogP contribution < -0.4 is 0 Å². The normalized spacial score (nSPS) is 19.3. The molecule has 0 radical (unpaired) electrons. The Balaban J connectivity index is 2.53. The first-order valence-corrected chi connectivity index (χ1v) is 4.03. The van der Waals surface area contributed by atoms with E-state index in [1.165, 1.54) is 11.3 Å². The molecule has 0 unspecified atom stereocenters. The van der Waals surface area contributed by atoms with Gasteiger partial charge in [0, 0.05) is 6.42 Å². The summed E-state index contributed by atoms with van der Waals surface area (Å²) in [5, 5.41) is 13.2. The van der Waals surface area contributed by atoms with Crippen molar-refractivity contribution in [2.45, 2.75) is 6.42 Å². The average Bonchev–Trinajstić information content (AvgIpc) is 2.53. The molecule has 0 aliphatic heterocycles. The van der Waals surface area contributed by atoms with Crippen molar-refractivity contribution in [3.05, 3.63) is 21.9 Å². The molecule has 1 aromatic rings. The van der Waals surface area contributed by atoms with Crippen molar-refractivity contribution in [1.82, 2.24) is 0 Å². The van der Waals surface area contributed by atoms with Gasteiger partial charge in [-0.3, -0.25) is 4.79 Å². The van der Waals surface area contributed by atoms with Gasteiger partial charge >= 0.3 is 0 Å². The van der Waals surface area contributed by atoms with Crippen molar-refractivity contribution in [1.29, 1.82) is 0 Å². The maximum Gasteiger partial charge on any atom is 0.221 e. The van der Waals surface area contributed by atoms with Crippen LogP contribution in [0.15, 0.2) is 16.6 Å². The van der Waals surface area contributed by atoms with E-state index in [0.717, 1.165) is 10.4 Å². The lowest BCUT2D eigenvalue weighted by atomic mass is 10.2. The van der Waals surface area contributed by atoms with E-state index >= 15 is 0 Å². The molecule has 0 saturated carbocycles. The maximum absolute atomic E-state index is 11.2. The van der Waals surface area contributed by atoms with Gasteiger partial charge in [-0.2, -0.15) is 0 Å². The Labute approximate surface area is 67.0 Å². The standard InChI is InChI=1S/C7H5NO2S/c9-6-5(8-10)3-4-1-2-11-7(4)6/h1-2,10H,3H2/b8-5+. The van der Waals surface area contributed by atoms with E-state index in [9.17, 15) is 4.79 Å². The van der Waals surface area contributed by atoms with Crippen molar-refractivity contribution in [3.63, 3.8) is 0 Å². The summed E-state index contributed by atoms with van der Waals surface area (Å²) in [7, 11) is 0. The predicted octanol–water partition coefficient (Wildman–Crippen LogP) is 1.32. The minimum absolute atomic E-state index is 0.127. The van der Waals surface area contributed by atoms with Crippen molar-refractivity contribution >= 4 is 22.8 Å². The van der Waals surface area contributed by atoms with Gasteiger partial charge in [0.2, 0.25) is 5.78 Å². The molecule has 1 aliphatic carbocycles. The largest absolute Gasteiger partial charge is 0.411 e. The van der Waals surface area contributed by atoms with Gasteiger partial charge in [0.05, 0.1) is 4.88 Å². The van der Waals surface area contributed by atoms with Crippen LogP contribution in [0, 0.1) is 0 Å². The van der Waals surface area contributed by atoms with E-state index in [2.05, 4.69) is 5.16 Å². The average molecular weight is 167 g/mol. The predicted molar refractivity (Wildman–Crippen MR) is 41.6 cm³/mol. The third-order valence-electron chi connectivity index (χ3n) is 1.69. The number of carbonyl (C=O) groups excluding carboxylic acids is 1. The summed E-state index contributed by atoms with van der Waals surface area (Å²) in [5.41, 5.74) is 1.24. The van der Waals surface area contributed by atoms with Gasteiger partial charge in [0.1, 0.15) is 5.71 Å². The molecule has 56 valence electrons. The van der Waals surface area contributed by atoms with Crippen LogP contribution in [0.4, 0.5) is 0 Å². The summed E-state index contributed by atoms with van der Waals surface area (Å²) >= 11 is 1.40. The van der Waals surface area contributed by atoms with E-state index in [0.29, 0.717) is 6.42 Å². The summed E-state index contributed by atoms with van der Waals surface area (Å²) < 4.78 is 0. The molecule has 3 nitrogen and oxygen atoms in total. The van der Waals surface area contributed by atoms with Crippen LogP contribution in [0.2, 0.25) is 0 Å². The van der Waals surface area contributed by atoms with Crippen LogP contribution in [-0.4, -0.2) is 16.7 Å². The lowest BCUT2D eigenvalue weighted by Crippen LogP contribution is -2.06. The molecule has 11 heavy (non-hydrogen) atoms. The number of carbonyl (C=O) groups is 1. The zero-order valence-electron chi connectivity index (χ0n) is 5.57.